The second kappa shape index (κ2) is 7.56. The zero-order chi connectivity index (χ0) is 22.6. The summed E-state index contributed by atoms with van der Waals surface area (Å²) in [5.41, 5.74) is 4.69. The minimum absolute atomic E-state index is 0.0789. The predicted molar refractivity (Wildman–Crippen MR) is 130 cm³/mol. The quantitative estimate of drug-likeness (QED) is 0.458. The number of anilines is 1. The molecule has 3 aromatic rings. The minimum atomic E-state index is -0.362. The van der Waals surface area contributed by atoms with E-state index in [1.54, 1.807) is 12.1 Å². The number of allylic oxidation sites excluding steroid dienone is 1. The van der Waals surface area contributed by atoms with Gasteiger partial charge in [-0.15, -0.1) is 0 Å². The molecule has 0 fully saturated rings. The van der Waals surface area contributed by atoms with E-state index in [1.165, 1.54) is 0 Å². The molecular formula is C27H26ClNO3. The molecule has 0 spiro atoms. The SMILES string of the molecule is CCOc1cc([C@@H]2Nc3ccc4ccccc4c3C3=C2C(=O)CC(C)(C)C3)cc(Cl)c1O. The molecule has 0 amide bonds. The average Bonchev–Trinajstić information content (AvgIpc) is 2.75. The van der Waals surface area contributed by atoms with Crippen molar-refractivity contribution in [3.8, 4) is 11.5 Å². The van der Waals surface area contributed by atoms with Crippen LogP contribution < -0.4 is 10.1 Å². The van der Waals surface area contributed by atoms with E-state index in [9.17, 15) is 9.90 Å². The van der Waals surface area contributed by atoms with Crippen LogP contribution in [0.25, 0.3) is 16.3 Å². The van der Waals surface area contributed by atoms with Crippen LogP contribution in [-0.4, -0.2) is 17.5 Å². The molecule has 2 aliphatic rings. The number of carbonyl (C=O) groups is 1. The summed E-state index contributed by atoms with van der Waals surface area (Å²) >= 11 is 6.35. The van der Waals surface area contributed by atoms with Gasteiger partial charge >= 0.3 is 0 Å². The molecule has 2 N–H and O–H groups in total. The van der Waals surface area contributed by atoms with Crippen molar-refractivity contribution in [1.29, 1.82) is 0 Å². The summed E-state index contributed by atoms with van der Waals surface area (Å²) in [6.07, 6.45) is 1.31. The standard InChI is InChI=1S/C27H26ClNO3/c1-4-32-22-12-16(11-19(28)26(22)31)25-24-18(13-27(2,3)14-21(24)30)23-17-8-6-5-7-15(17)9-10-20(23)29-25/h5-12,25,29,31H,4,13-14H2,1-3H3/t25-/m0/s1. The van der Waals surface area contributed by atoms with Gasteiger partial charge in [0, 0.05) is 23.2 Å². The third-order valence-corrected chi connectivity index (χ3v) is 6.71. The lowest BCUT2D eigenvalue weighted by Crippen LogP contribution is -2.33. The first-order valence-corrected chi connectivity index (χ1v) is 11.4. The van der Waals surface area contributed by atoms with Crippen molar-refractivity contribution in [2.45, 2.75) is 39.7 Å². The molecule has 1 aliphatic carbocycles. The van der Waals surface area contributed by atoms with Gasteiger partial charge in [-0.3, -0.25) is 4.79 Å². The first-order chi connectivity index (χ1) is 15.3. The number of halogens is 1. The number of hydrogen-bond acceptors (Lipinski definition) is 4. The Morgan fingerprint density at radius 2 is 1.94 bits per heavy atom. The number of ether oxygens (including phenoxy) is 1. The van der Waals surface area contributed by atoms with Crippen LogP contribution in [-0.2, 0) is 4.79 Å². The van der Waals surface area contributed by atoms with Gasteiger partial charge in [-0.2, -0.15) is 0 Å². The highest BCUT2D eigenvalue weighted by atomic mass is 35.5. The summed E-state index contributed by atoms with van der Waals surface area (Å²) in [5, 5.41) is 16.4. The van der Waals surface area contributed by atoms with Crippen molar-refractivity contribution in [2.75, 3.05) is 11.9 Å². The van der Waals surface area contributed by atoms with Crippen LogP contribution in [0.2, 0.25) is 5.02 Å². The second-order valence-corrected chi connectivity index (χ2v) is 9.81. The molecule has 1 heterocycles. The van der Waals surface area contributed by atoms with E-state index >= 15 is 0 Å². The summed E-state index contributed by atoms with van der Waals surface area (Å²) in [5.74, 6) is 0.395. The number of benzene rings is 3. The fraction of sp³-hybridized carbons (Fsp3) is 0.296. The summed E-state index contributed by atoms with van der Waals surface area (Å²) in [6.45, 7) is 6.57. The van der Waals surface area contributed by atoms with Crippen LogP contribution in [0.3, 0.4) is 0 Å². The van der Waals surface area contributed by atoms with Crippen LogP contribution in [0, 0.1) is 5.41 Å². The Morgan fingerprint density at radius 3 is 2.72 bits per heavy atom. The molecule has 0 aromatic heterocycles. The topological polar surface area (TPSA) is 58.6 Å². The van der Waals surface area contributed by atoms with Gasteiger partial charge in [0.1, 0.15) is 0 Å². The monoisotopic (exact) mass is 447 g/mol. The van der Waals surface area contributed by atoms with Gasteiger partial charge in [-0.05, 0) is 58.9 Å². The fourth-order valence-electron chi connectivity index (χ4n) is 5.11. The maximum absolute atomic E-state index is 13.5. The van der Waals surface area contributed by atoms with Crippen LogP contribution >= 0.6 is 11.6 Å². The lowest BCUT2D eigenvalue weighted by atomic mass is 9.68. The first-order valence-electron chi connectivity index (χ1n) is 11.0. The highest BCUT2D eigenvalue weighted by molar-refractivity contribution is 6.32. The van der Waals surface area contributed by atoms with Crippen LogP contribution in [0.15, 0.2) is 54.1 Å². The van der Waals surface area contributed by atoms with Gasteiger partial charge in [-0.25, -0.2) is 0 Å². The van der Waals surface area contributed by atoms with Gasteiger partial charge in [-0.1, -0.05) is 55.8 Å². The van der Waals surface area contributed by atoms with Gasteiger partial charge in [0.15, 0.2) is 17.3 Å². The molecule has 1 atom stereocenters. The Kier molecular flexibility index (Phi) is 4.94. The molecule has 4 nitrogen and oxygen atoms in total. The number of hydrogen-bond donors (Lipinski definition) is 2. The lowest BCUT2D eigenvalue weighted by molar-refractivity contribution is -0.118. The normalized spacial score (nSPS) is 19.4. The molecule has 32 heavy (non-hydrogen) atoms. The maximum atomic E-state index is 13.5. The molecule has 164 valence electrons. The van der Waals surface area contributed by atoms with Crippen molar-refractivity contribution >= 4 is 39.4 Å². The Hall–Kier alpha value is -2.98. The molecule has 0 bridgehead atoms. The number of rotatable bonds is 3. The molecule has 0 saturated carbocycles. The first kappa shape index (κ1) is 20.9. The lowest BCUT2D eigenvalue weighted by Gasteiger charge is -2.40. The summed E-state index contributed by atoms with van der Waals surface area (Å²) < 4.78 is 5.61. The second-order valence-electron chi connectivity index (χ2n) is 9.40. The van der Waals surface area contributed by atoms with E-state index in [4.69, 9.17) is 16.3 Å². The Bertz CT molecular complexity index is 1290. The van der Waals surface area contributed by atoms with Crippen molar-refractivity contribution in [2.24, 2.45) is 5.41 Å². The molecule has 5 rings (SSSR count). The van der Waals surface area contributed by atoms with Gasteiger partial charge in [0.25, 0.3) is 0 Å². The highest BCUT2D eigenvalue weighted by Gasteiger charge is 2.41. The van der Waals surface area contributed by atoms with E-state index in [2.05, 4.69) is 43.4 Å². The highest BCUT2D eigenvalue weighted by Crippen LogP contribution is 2.52. The average molecular weight is 448 g/mol. The third kappa shape index (κ3) is 3.34. The van der Waals surface area contributed by atoms with Crippen LogP contribution in [0.4, 0.5) is 5.69 Å². The number of phenolic OH excluding ortho intramolecular Hbond substituents is 1. The van der Waals surface area contributed by atoms with Crippen molar-refractivity contribution in [3.05, 3.63) is 70.3 Å². The Balaban J connectivity index is 1.77. The summed E-state index contributed by atoms with van der Waals surface area (Å²) in [6, 6.07) is 15.6. The smallest absolute Gasteiger partial charge is 0.176 e. The number of ketones is 1. The molecule has 5 heteroatoms. The molecule has 0 saturated heterocycles. The number of nitrogens with one attached hydrogen (secondary N) is 1. The van der Waals surface area contributed by atoms with Crippen LogP contribution in [0.5, 0.6) is 11.5 Å². The molecule has 0 radical (unpaired) electrons. The molecule has 3 aromatic carbocycles. The van der Waals surface area contributed by atoms with Crippen molar-refractivity contribution in [1.82, 2.24) is 0 Å². The number of phenols is 1. The molecule has 1 aliphatic heterocycles. The number of Topliss-reactive ketones (excluding diaryl/α,β-unsaturated/α-hetero) is 1. The van der Waals surface area contributed by atoms with Crippen molar-refractivity contribution in [3.63, 3.8) is 0 Å². The Labute approximate surface area is 192 Å². The minimum Gasteiger partial charge on any atom is -0.503 e. The molecular weight excluding hydrogens is 422 g/mol. The van der Waals surface area contributed by atoms with E-state index in [0.29, 0.717) is 18.8 Å². The van der Waals surface area contributed by atoms with E-state index in [1.807, 2.05) is 19.1 Å². The number of fused-ring (bicyclic) bond motifs is 4. The maximum Gasteiger partial charge on any atom is 0.176 e. The van der Waals surface area contributed by atoms with Gasteiger partial charge in [0.05, 0.1) is 17.7 Å². The fourth-order valence-corrected chi connectivity index (χ4v) is 5.33. The van der Waals surface area contributed by atoms with Crippen LogP contribution in [0.1, 0.15) is 50.8 Å². The third-order valence-electron chi connectivity index (χ3n) is 6.42. The summed E-state index contributed by atoms with van der Waals surface area (Å²) in [7, 11) is 0. The van der Waals surface area contributed by atoms with E-state index in [-0.39, 0.29) is 28.0 Å². The zero-order valence-corrected chi connectivity index (χ0v) is 19.2. The van der Waals surface area contributed by atoms with Gasteiger partial charge < -0.3 is 15.2 Å². The van der Waals surface area contributed by atoms with Crippen molar-refractivity contribution < 1.29 is 14.6 Å². The molecule has 0 unspecified atom stereocenters. The van der Waals surface area contributed by atoms with E-state index in [0.717, 1.165) is 45.2 Å². The zero-order valence-electron chi connectivity index (χ0n) is 18.5. The van der Waals surface area contributed by atoms with Gasteiger partial charge in [0.2, 0.25) is 0 Å². The summed E-state index contributed by atoms with van der Waals surface area (Å²) in [4.78, 5) is 13.5. The largest absolute Gasteiger partial charge is 0.503 e. The number of aromatic hydroxyl groups is 1. The number of carbonyl (C=O) groups excluding carboxylic acids is 1. The predicted octanol–water partition coefficient (Wildman–Crippen LogP) is 6.91. The van der Waals surface area contributed by atoms with E-state index < -0.39 is 0 Å². The Morgan fingerprint density at radius 1 is 1.16 bits per heavy atom.